The Balaban J connectivity index is 2.55. The predicted octanol–water partition coefficient (Wildman–Crippen LogP) is 2.99. The van der Waals surface area contributed by atoms with Crippen molar-refractivity contribution in [2.75, 3.05) is 0 Å². The highest BCUT2D eigenvalue weighted by atomic mass is 19.1. The van der Waals surface area contributed by atoms with Gasteiger partial charge >= 0.3 is 0 Å². The van der Waals surface area contributed by atoms with E-state index in [1.165, 1.54) is 36.4 Å². The smallest absolute Gasteiger partial charge is 0.143 e. The molecule has 122 valence electrons. The molecule has 2 rings (SSSR count). The van der Waals surface area contributed by atoms with E-state index < -0.39 is 5.60 Å². The van der Waals surface area contributed by atoms with Gasteiger partial charge in [0.05, 0.1) is 12.3 Å². The van der Waals surface area contributed by atoms with Crippen LogP contribution in [0.5, 0.6) is 5.75 Å². The molecule has 2 aromatic rings. The van der Waals surface area contributed by atoms with Gasteiger partial charge in [-0.3, -0.25) is 0 Å². The standard InChI is InChI=1S/C17H19FN2O3/c1-17(2,3)23-20-15(11-4-6-12(18)7-5-11)16-14(22)9-8-13(10-21)19-16/h4-9,21-22H,10H2,1-3H3/b20-15-. The van der Waals surface area contributed by atoms with E-state index in [9.17, 15) is 14.6 Å². The van der Waals surface area contributed by atoms with E-state index in [1.54, 1.807) is 0 Å². The van der Waals surface area contributed by atoms with Gasteiger partial charge in [0.2, 0.25) is 0 Å². The molecule has 5 nitrogen and oxygen atoms in total. The van der Waals surface area contributed by atoms with E-state index in [0.29, 0.717) is 11.3 Å². The minimum Gasteiger partial charge on any atom is -0.506 e. The summed E-state index contributed by atoms with van der Waals surface area (Å²) < 4.78 is 13.2. The number of aliphatic hydroxyl groups is 1. The Morgan fingerprint density at radius 1 is 1.17 bits per heavy atom. The molecular formula is C17H19FN2O3. The van der Waals surface area contributed by atoms with Gasteiger partial charge in [-0.15, -0.1) is 0 Å². The monoisotopic (exact) mass is 318 g/mol. The van der Waals surface area contributed by atoms with Gasteiger partial charge in [0.1, 0.15) is 28.6 Å². The van der Waals surface area contributed by atoms with Gasteiger partial charge < -0.3 is 15.1 Å². The molecular weight excluding hydrogens is 299 g/mol. The summed E-state index contributed by atoms with van der Waals surface area (Å²) in [6, 6.07) is 8.54. The molecule has 0 aliphatic heterocycles. The van der Waals surface area contributed by atoms with Gasteiger partial charge in [-0.25, -0.2) is 9.37 Å². The highest BCUT2D eigenvalue weighted by Crippen LogP contribution is 2.21. The van der Waals surface area contributed by atoms with Crippen LogP contribution in [0, 0.1) is 5.82 Å². The van der Waals surface area contributed by atoms with E-state index in [-0.39, 0.29) is 29.6 Å². The number of nitrogens with zero attached hydrogens (tertiary/aromatic N) is 2. The summed E-state index contributed by atoms with van der Waals surface area (Å²) in [6.07, 6.45) is 0. The Hall–Kier alpha value is -2.47. The molecule has 0 fully saturated rings. The fourth-order valence-electron chi connectivity index (χ4n) is 1.78. The molecule has 0 aliphatic rings. The van der Waals surface area contributed by atoms with Gasteiger partial charge in [-0.05, 0) is 57.2 Å². The first-order valence-electron chi connectivity index (χ1n) is 7.12. The third kappa shape index (κ3) is 4.50. The third-order valence-corrected chi connectivity index (χ3v) is 2.85. The summed E-state index contributed by atoms with van der Waals surface area (Å²) in [6.45, 7) is 5.22. The van der Waals surface area contributed by atoms with Crippen molar-refractivity contribution < 1.29 is 19.4 Å². The molecule has 0 amide bonds. The van der Waals surface area contributed by atoms with Crippen LogP contribution in [0.15, 0.2) is 41.6 Å². The topological polar surface area (TPSA) is 74.9 Å². The highest BCUT2D eigenvalue weighted by Gasteiger charge is 2.18. The lowest BCUT2D eigenvalue weighted by atomic mass is 10.1. The Labute approximate surface area is 134 Å². The first kappa shape index (κ1) is 16.9. The van der Waals surface area contributed by atoms with Gasteiger partial charge in [-0.2, -0.15) is 0 Å². The minimum absolute atomic E-state index is 0.109. The summed E-state index contributed by atoms with van der Waals surface area (Å²) >= 11 is 0. The van der Waals surface area contributed by atoms with Crippen LogP contribution in [0.3, 0.4) is 0 Å². The molecule has 6 heteroatoms. The maximum Gasteiger partial charge on any atom is 0.143 e. The fourth-order valence-corrected chi connectivity index (χ4v) is 1.78. The second-order valence-electron chi connectivity index (χ2n) is 5.98. The molecule has 0 bridgehead atoms. The Bertz CT molecular complexity index is 707. The molecule has 0 spiro atoms. The average Bonchev–Trinajstić information content (AvgIpc) is 2.49. The summed E-state index contributed by atoms with van der Waals surface area (Å²) in [4.78, 5) is 9.63. The molecule has 0 atom stereocenters. The van der Waals surface area contributed by atoms with Crippen LogP contribution in [0.25, 0.3) is 0 Å². The first-order chi connectivity index (χ1) is 10.8. The zero-order chi connectivity index (χ0) is 17.0. The zero-order valence-electron chi connectivity index (χ0n) is 13.2. The number of rotatable bonds is 4. The number of aromatic nitrogens is 1. The second kappa shape index (κ2) is 6.75. The van der Waals surface area contributed by atoms with E-state index in [2.05, 4.69) is 10.1 Å². The van der Waals surface area contributed by atoms with Gasteiger partial charge in [-0.1, -0.05) is 5.16 Å². The Morgan fingerprint density at radius 3 is 2.39 bits per heavy atom. The number of aromatic hydroxyl groups is 1. The molecule has 23 heavy (non-hydrogen) atoms. The van der Waals surface area contributed by atoms with Crippen molar-refractivity contribution in [3.8, 4) is 5.75 Å². The van der Waals surface area contributed by atoms with Crippen molar-refractivity contribution in [3.63, 3.8) is 0 Å². The third-order valence-electron chi connectivity index (χ3n) is 2.85. The van der Waals surface area contributed by atoms with Crippen molar-refractivity contribution in [2.45, 2.75) is 33.0 Å². The highest BCUT2D eigenvalue weighted by molar-refractivity contribution is 6.12. The van der Waals surface area contributed by atoms with Gasteiger partial charge in [0.25, 0.3) is 0 Å². The normalized spacial score (nSPS) is 12.3. The van der Waals surface area contributed by atoms with Crippen LogP contribution in [0.4, 0.5) is 4.39 Å². The van der Waals surface area contributed by atoms with Crippen molar-refractivity contribution in [3.05, 3.63) is 59.2 Å². The Kier molecular flexibility index (Phi) is 4.95. The number of benzene rings is 1. The lowest BCUT2D eigenvalue weighted by molar-refractivity contribution is 0.00111. The van der Waals surface area contributed by atoms with Crippen LogP contribution in [-0.2, 0) is 11.4 Å². The number of oxime groups is 1. The fraction of sp³-hybridized carbons (Fsp3) is 0.294. The van der Waals surface area contributed by atoms with Crippen LogP contribution in [0.2, 0.25) is 0 Å². The molecule has 0 saturated carbocycles. The van der Waals surface area contributed by atoms with Crippen molar-refractivity contribution in [1.82, 2.24) is 4.98 Å². The lowest BCUT2D eigenvalue weighted by Gasteiger charge is -2.17. The number of aliphatic hydroxyl groups excluding tert-OH is 1. The predicted molar refractivity (Wildman–Crippen MR) is 84.7 cm³/mol. The molecule has 1 heterocycles. The summed E-state index contributed by atoms with van der Waals surface area (Å²) in [5.74, 6) is -0.492. The van der Waals surface area contributed by atoms with Crippen molar-refractivity contribution in [2.24, 2.45) is 5.16 Å². The van der Waals surface area contributed by atoms with Crippen molar-refractivity contribution >= 4 is 5.71 Å². The number of hydrogen-bond donors (Lipinski definition) is 2. The number of hydrogen-bond acceptors (Lipinski definition) is 5. The van der Waals surface area contributed by atoms with Crippen LogP contribution < -0.4 is 0 Å². The number of pyridine rings is 1. The molecule has 0 radical (unpaired) electrons. The first-order valence-corrected chi connectivity index (χ1v) is 7.12. The minimum atomic E-state index is -0.546. The van der Waals surface area contributed by atoms with E-state index in [4.69, 9.17) is 4.84 Å². The van der Waals surface area contributed by atoms with Crippen molar-refractivity contribution in [1.29, 1.82) is 0 Å². The maximum atomic E-state index is 13.2. The molecule has 1 aromatic heterocycles. The maximum absolute atomic E-state index is 13.2. The number of halogens is 1. The van der Waals surface area contributed by atoms with E-state index in [0.717, 1.165) is 0 Å². The van der Waals surface area contributed by atoms with Crippen LogP contribution in [-0.4, -0.2) is 26.5 Å². The molecule has 0 unspecified atom stereocenters. The lowest BCUT2D eigenvalue weighted by Crippen LogP contribution is -2.18. The average molecular weight is 318 g/mol. The largest absolute Gasteiger partial charge is 0.506 e. The second-order valence-corrected chi connectivity index (χ2v) is 5.98. The van der Waals surface area contributed by atoms with Crippen LogP contribution in [0.1, 0.15) is 37.7 Å². The Morgan fingerprint density at radius 2 is 1.83 bits per heavy atom. The molecule has 0 aliphatic carbocycles. The van der Waals surface area contributed by atoms with Crippen LogP contribution >= 0.6 is 0 Å². The summed E-state index contributed by atoms with van der Waals surface area (Å²) in [5, 5.41) is 23.4. The van der Waals surface area contributed by atoms with Gasteiger partial charge in [0, 0.05) is 5.56 Å². The molecule has 1 aromatic carbocycles. The summed E-state index contributed by atoms with van der Waals surface area (Å²) in [7, 11) is 0. The molecule has 0 saturated heterocycles. The zero-order valence-corrected chi connectivity index (χ0v) is 13.2. The quantitative estimate of drug-likeness (QED) is 0.671. The van der Waals surface area contributed by atoms with Gasteiger partial charge in [0.15, 0.2) is 0 Å². The summed E-state index contributed by atoms with van der Waals surface area (Å²) in [5.41, 5.74) is 0.784. The van der Waals surface area contributed by atoms with E-state index >= 15 is 0 Å². The molecule has 2 N–H and O–H groups in total. The van der Waals surface area contributed by atoms with E-state index in [1.807, 2.05) is 20.8 Å². The SMILES string of the molecule is CC(C)(C)O/N=C(/c1ccc(F)cc1)c1nc(CO)ccc1O.